The molecule has 20 heavy (non-hydrogen) atoms. The SMILES string of the molecule is CNC(C(=O)NCc1ccccc1C)c1cnn(C)c1. The summed E-state index contributed by atoms with van der Waals surface area (Å²) in [7, 11) is 3.60. The van der Waals surface area contributed by atoms with Crippen molar-refractivity contribution in [3.8, 4) is 0 Å². The molecule has 1 amide bonds. The van der Waals surface area contributed by atoms with Crippen molar-refractivity contribution in [2.75, 3.05) is 7.05 Å². The lowest BCUT2D eigenvalue weighted by molar-refractivity contribution is -0.123. The average Bonchev–Trinajstić information content (AvgIpc) is 2.85. The van der Waals surface area contributed by atoms with Crippen molar-refractivity contribution < 1.29 is 4.79 Å². The fourth-order valence-corrected chi connectivity index (χ4v) is 2.13. The molecule has 2 aromatic rings. The van der Waals surface area contributed by atoms with Crippen LogP contribution in [0.3, 0.4) is 0 Å². The van der Waals surface area contributed by atoms with Gasteiger partial charge in [0.15, 0.2) is 0 Å². The van der Waals surface area contributed by atoms with Gasteiger partial charge >= 0.3 is 0 Å². The molecule has 0 fully saturated rings. The van der Waals surface area contributed by atoms with E-state index in [1.807, 2.05) is 44.4 Å². The lowest BCUT2D eigenvalue weighted by Crippen LogP contribution is -2.35. The van der Waals surface area contributed by atoms with Gasteiger partial charge in [0.2, 0.25) is 5.91 Å². The molecule has 0 saturated carbocycles. The van der Waals surface area contributed by atoms with Crippen LogP contribution in [0.1, 0.15) is 22.7 Å². The van der Waals surface area contributed by atoms with E-state index in [4.69, 9.17) is 0 Å². The molecule has 106 valence electrons. The maximum absolute atomic E-state index is 12.3. The quantitative estimate of drug-likeness (QED) is 0.862. The van der Waals surface area contributed by atoms with Crippen molar-refractivity contribution in [3.05, 3.63) is 53.3 Å². The van der Waals surface area contributed by atoms with Gasteiger partial charge in [0.25, 0.3) is 0 Å². The largest absolute Gasteiger partial charge is 0.350 e. The predicted molar refractivity (Wildman–Crippen MR) is 78.0 cm³/mol. The lowest BCUT2D eigenvalue weighted by Gasteiger charge is -2.15. The van der Waals surface area contributed by atoms with E-state index >= 15 is 0 Å². The van der Waals surface area contributed by atoms with Gasteiger partial charge < -0.3 is 10.6 Å². The Labute approximate surface area is 119 Å². The van der Waals surface area contributed by atoms with Crippen molar-refractivity contribution in [1.29, 1.82) is 0 Å². The first-order valence-corrected chi connectivity index (χ1v) is 6.60. The van der Waals surface area contributed by atoms with E-state index in [-0.39, 0.29) is 11.9 Å². The first-order chi connectivity index (χ1) is 9.61. The lowest BCUT2D eigenvalue weighted by atomic mass is 10.1. The zero-order chi connectivity index (χ0) is 14.5. The molecule has 5 nitrogen and oxygen atoms in total. The third-order valence-electron chi connectivity index (χ3n) is 3.32. The third-order valence-corrected chi connectivity index (χ3v) is 3.32. The molecule has 0 radical (unpaired) electrons. The molecule has 1 heterocycles. The Morgan fingerprint density at radius 1 is 1.40 bits per heavy atom. The zero-order valence-electron chi connectivity index (χ0n) is 12.1. The highest BCUT2D eigenvalue weighted by Crippen LogP contribution is 2.12. The normalized spacial score (nSPS) is 12.2. The van der Waals surface area contributed by atoms with E-state index in [1.54, 1.807) is 17.9 Å². The highest BCUT2D eigenvalue weighted by atomic mass is 16.2. The summed E-state index contributed by atoms with van der Waals surface area (Å²) in [5.41, 5.74) is 3.16. The van der Waals surface area contributed by atoms with Crippen molar-refractivity contribution in [2.24, 2.45) is 7.05 Å². The molecule has 1 aromatic carbocycles. The van der Waals surface area contributed by atoms with Crippen LogP contribution >= 0.6 is 0 Å². The number of likely N-dealkylation sites (N-methyl/N-ethyl adjacent to an activating group) is 1. The maximum Gasteiger partial charge on any atom is 0.242 e. The van der Waals surface area contributed by atoms with Crippen LogP contribution < -0.4 is 10.6 Å². The fraction of sp³-hybridized carbons (Fsp3) is 0.333. The van der Waals surface area contributed by atoms with Gasteiger partial charge in [0, 0.05) is 25.4 Å². The number of nitrogens with zero attached hydrogens (tertiary/aromatic N) is 2. The standard InChI is InChI=1S/C15H20N4O/c1-11-6-4-5-7-12(11)8-17-15(20)14(16-2)13-9-18-19(3)10-13/h4-7,9-10,14,16H,8H2,1-3H3,(H,17,20). The van der Waals surface area contributed by atoms with Crippen LogP contribution in [0.5, 0.6) is 0 Å². The van der Waals surface area contributed by atoms with Crippen LogP contribution in [0.25, 0.3) is 0 Å². The smallest absolute Gasteiger partial charge is 0.242 e. The minimum Gasteiger partial charge on any atom is -0.350 e. The summed E-state index contributed by atoms with van der Waals surface area (Å²) in [5.74, 6) is -0.0521. The van der Waals surface area contributed by atoms with Crippen LogP contribution in [0.2, 0.25) is 0 Å². The van der Waals surface area contributed by atoms with Crippen molar-refractivity contribution in [3.63, 3.8) is 0 Å². The number of hydrogen-bond acceptors (Lipinski definition) is 3. The average molecular weight is 272 g/mol. The molecular formula is C15H20N4O. The first-order valence-electron chi connectivity index (χ1n) is 6.60. The van der Waals surface area contributed by atoms with Crippen LogP contribution in [-0.4, -0.2) is 22.7 Å². The van der Waals surface area contributed by atoms with Gasteiger partial charge in [-0.1, -0.05) is 24.3 Å². The molecule has 0 aliphatic carbocycles. The second-order valence-corrected chi connectivity index (χ2v) is 4.81. The highest BCUT2D eigenvalue weighted by molar-refractivity contribution is 5.83. The number of carbonyl (C=O) groups is 1. The molecule has 1 unspecified atom stereocenters. The summed E-state index contributed by atoms with van der Waals surface area (Å²) < 4.78 is 1.69. The van der Waals surface area contributed by atoms with Gasteiger partial charge in [-0.05, 0) is 25.1 Å². The molecular weight excluding hydrogens is 252 g/mol. The number of nitrogens with one attached hydrogen (secondary N) is 2. The van der Waals surface area contributed by atoms with Gasteiger partial charge in [-0.15, -0.1) is 0 Å². The van der Waals surface area contributed by atoms with Crippen molar-refractivity contribution >= 4 is 5.91 Å². The maximum atomic E-state index is 12.3. The van der Waals surface area contributed by atoms with Crippen LogP contribution in [0.4, 0.5) is 0 Å². The van der Waals surface area contributed by atoms with Gasteiger partial charge in [-0.25, -0.2) is 0 Å². The van der Waals surface area contributed by atoms with Crippen molar-refractivity contribution in [1.82, 2.24) is 20.4 Å². The molecule has 1 aromatic heterocycles. The summed E-state index contributed by atoms with van der Waals surface area (Å²) in [5, 5.41) is 10.1. The molecule has 0 saturated heterocycles. The van der Waals surface area contributed by atoms with E-state index in [0.29, 0.717) is 6.54 Å². The first kappa shape index (κ1) is 14.3. The molecule has 0 aliphatic rings. The number of rotatable bonds is 5. The number of aromatic nitrogens is 2. The Balaban J connectivity index is 2.02. The van der Waals surface area contributed by atoms with Gasteiger partial charge in [-0.3, -0.25) is 9.48 Å². The third kappa shape index (κ3) is 3.24. The molecule has 0 aliphatic heterocycles. The van der Waals surface area contributed by atoms with Gasteiger partial charge in [-0.2, -0.15) is 5.10 Å². The molecule has 0 bridgehead atoms. The minimum absolute atomic E-state index is 0.0521. The number of benzene rings is 1. The van der Waals surface area contributed by atoms with E-state index in [1.165, 1.54) is 5.56 Å². The summed E-state index contributed by atoms with van der Waals surface area (Å²) in [4.78, 5) is 12.3. The molecule has 2 rings (SSSR count). The Bertz CT molecular complexity index is 591. The zero-order valence-corrected chi connectivity index (χ0v) is 12.1. The summed E-state index contributed by atoms with van der Waals surface area (Å²) >= 11 is 0. The summed E-state index contributed by atoms with van der Waals surface area (Å²) in [6.07, 6.45) is 3.54. The molecule has 1 atom stereocenters. The minimum atomic E-state index is -0.382. The Morgan fingerprint density at radius 3 is 2.75 bits per heavy atom. The van der Waals surface area contributed by atoms with Crippen molar-refractivity contribution in [2.45, 2.75) is 19.5 Å². The number of amides is 1. The van der Waals surface area contributed by atoms with Crippen LogP contribution in [0, 0.1) is 6.92 Å². The number of hydrogen-bond donors (Lipinski definition) is 2. The summed E-state index contributed by atoms with van der Waals surface area (Å²) in [6, 6.07) is 7.65. The Morgan fingerprint density at radius 2 is 2.15 bits per heavy atom. The highest BCUT2D eigenvalue weighted by Gasteiger charge is 2.19. The van der Waals surface area contributed by atoms with Gasteiger partial charge in [0.05, 0.1) is 6.20 Å². The monoisotopic (exact) mass is 272 g/mol. The number of carbonyl (C=O) groups excluding carboxylic acids is 1. The van der Waals surface area contributed by atoms with Gasteiger partial charge in [0.1, 0.15) is 6.04 Å². The second-order valence-electron chi connectivity index (χ2n) is 4.81. The van der Waals surface area contributed by atoms with E-state index in [2.05, 4.69) is 15.7 Å². The molecule has 5 heteroatoms. The van der Waals surface area contributed by atoms with E-state index in [9.17, 15) is 4.79 Å². The molecule has 2 N–H and O–H groups in total. The van der Waals surface area contributed by atoms with E-state index in [0.717, 1.165) is 11.1 Å². The van der Waals surface area contributed by atoms with E-state index < -0.39 is 0 Å². The second kappa shape index (κ2) is 6.34. The number of aryl methyl sites for hydroxylation is 2. The Kier molecular flexibility index (Phi) is 4.53. The fourth-order valence-electron chi connectivity index (χ4n) is 2.13. The predicted octanol–water partition coefficient (Wildman–Crippen LogP) is 1.31. The van der Waals surface area contributed by atoms with Crippen LogP contribution in [0.15, 0.2) is 36.7 Å². The summed E-state index contributed by atoms with van der Waals surface area (Å²) in [6.45, 7) is 2.57. The van der Waals surface area contributed by atoms with Crippen LogP contribution in [-0.2, 0) is 18.4 Å². The topological polar surface area (TPSA) is 59.0 Å². The Hall–Kier alpha value is -2.14. The molecule has 0 spiro atoms.